The summed E-state index contributed by atoms with van der Waals surface area (Å²) in [5.41, 5.74) is 0. The molecule has 0 aromatic heterocycles. The van der Waals surface area contributed by atoms with Crippen LogP contribution >= 0.6 is 0 Å². The van der Waals surface area contributed by atoms with Crippen LogP contribution in [0.5, 0.6) is 0 Å². The van der Waals surface area contributed by atoms with Gasteiger partial charge in [-0.2, -0.15) is 0 Å². The molecular weight excluding hydrogens is 200 g/mol. The molecule has 2 N–H and O–H groups in total. The van der Waals surface area contributed by atoms with E-state index in [4.69, 9.17) is 0 Å². The van der Waals surface area contributed by atoms with Gasteiger partial charge in [0.2, 0.25) is 5.91 Å². The Morgan fingerprint density at radius 3 is 2.69 bits per heavy atom. The summed E-state index contributed by atoms with van der Waals surface area (Å²) in [6.45, 7) is 7.45. The Balaban J connectivity index is 2.00. The Labute approximate surface area is 99.4 Å². The summed E-state index contributed by atoms with van der Waals surface area (Å²) in [5.74, 6) is 1.67. The number of hydrogen-bond donors (Lipinski definition) is 2. The standard InChI is InChI=1S/C13H26N2O/c1-11(2)5-10-15-13(16)4-3-12-6-8-14-9-7-12/h11-12,14H,3-10H2,1-2H3,(H,15,16). The molecule has 0 spiro atoms. The van der Waals surface area contributed by atoms with Gasteiger partial charge in [0.15, 0.2) is 0 Å². The van der Waals surface area contributed by atoms with E-state index in [0.717, 1.165) is 38.4 Å². The van der Waals surface area contributed by atoms with E-state index in [9.17, 15) is 4.79 Å². The highest BCUT2D eigenvalue weighted by Crippen LogP contribution is 2.17. The number of nitrogens with one attached hydrogen (secondary N) is 2. The lowest BCUT2D eigenvalue weighted by atomic mass is 9.93. The molecule has 0 saturated carbocycles. The Morgan fingerprint density at radius 2 is 2.06 bits per heavy atom. The van der Waals surface area contributed by atoms with E-state index in [0.29, 0.717) is 12.3 Å². The lowest BCUT2D eigenvalue weighted by molar-refractivity contribution is -0.121. The van der Waals surface area contributed by atoms with Gasteiger partial charge in [-0.15, -0.1) is 0 Å². The number of rotatable bonds is 6. The summed E-state index contributed by atoms with van der Waals surface area (Å²) in [6.07, 6.45) is 5.33. The molecule has 3 nitrogen and oxygen atoms in total. The van der Waals surface area contributed by atoms with E-state index >= 15 is 0 Å². The second-order valence-electron chi connectivity index (χ2n) is 5.26. The van der Waals surface area contributed by atoms with E-state index in [2.05, 4.69) is 24.5 Å². The maximum Gasteiger partial charge on any atom is 0.220 e. The molecule has 1 aliphatic rings. The second kappa shape index (κ2) is 7.66. The first-order chi connectivity index (χ1) is 7.68. The number of amides is 1. The average Bonchev–Trinajstić information content (AvgIpc) is 2.27. The normalized spacial score (nSPS) is 17.7. The zero-order chi connectivity index (χ0) is 11.8. The van der Waals surface area contributed by atoms with Crippen molar-refractivity contribution in [2.75, 3.05) is 19.6 Å². The fourth-order valence-electron chi connectivity index (χ4n) is 2.09. The zero-order valence-electron chi connectivity index (χ0n) is 10.7. The number of hydrogen-bond acceptors (Lipinski definition) is 2. The van der Waals surface area contributed by atoms with Gasteiger partial charge < -0.3 is 10.6 Å². The summed E-state index contributed by atoms with van der Waals surface area (Å²) in [7, 11) is 0. The Bertz CT molecular complexity index is 198. The third kappa shape index (κ3) is 6.11. The molecule has 1 fully saturated rings. The highest BCUT2D eigenvalue weighted by Gasteiger charge is 2.14. The van der Waals surface area contributed by atoms with E-state index in [1.807, 2.05) is 0 Å². The largest absolute Gasteiger partial charge is 0.356 e. The van der Waals surface area contributed by atoms with Crippen molar-refractivity contribution in [3.63, 3.8) is 0 Å². The smallest absolute Gasteiger partial charge is 0.220 e. The van der Waals surface area contributed by atoms with Crippen molar-refractivity contribution in [1.82, 2.24) is 10.6 Å². The van der Waals surface area contributed by atoms with Crippen molar-refractivity contribution in [2.45, 2.75) is 46.0 Å². The third-order valence-corrected chi connectivity index (χ3v) is 3.28. The first-order valence-electron chi connectivity index (χ1n) is 6.66. The molecule has 1 rings (SSSR count). The van der Waals surface area contributed by atoms with E-state index in [-0.39, 0.29) is 5.91 Å². The maximum absolute atomic E-state index is 11.5. The highest BCUT2D eigenvalue weighted by molar-refractivity contribution is 5.75. The Morgan fingerprint density at radius 1 is 1.38 bits per heavy atom. The quantitative estimate of drug-likeness (QED) is 0.726. The van der Waals surface area contributed by atoms with Gasteiger partial charge in [0, 0.05) is 13.0 Å². The van der Waals surface area contributed by atoms with Crippen molar-refractivity contribution in [3.05, 3.63) is 0 Å². The molecule has 3 heteroatoms. The lowest BCUT2D eigenvalue weighted by Crippen LogP contribution is -2.29. The van der Waals surface area contributed by atoms with Gasteiger partial charge in [-0.3, -0.25) is 4.79 Å². The van der Waals surface area contributed by atoms with Crippen LogP contribution < -0.4 is 10.6 Å². The van der Waals surface area contributed by atoms with Crippen molar-refractivity contribution >= 4 is 5.91 Å². The summed E-state index contributed by atoms with van der Waals surface area (Å²) in [4.78, 5) is 11.5. The van der Waals surface area contributed by atoms with E-state index in [1.165, 1.54) is 12.8 Å². The van der Waals surface area contributed by atoms with Crippen molar-refractivity contribution < 1.29 is 4.79 Å². The Kier molecular flexibility index (Phi) is 6.46. The molecule has 0 aliphatic carbocycles. The number of carbonyl (C=O) groups is 1. The molecule has 1 heterocycles. The van der Waals surface area contributed by atoms with Crippen LogP contribution in [0.15, 0.2) is 0 Å². The van der Waals surface area contributed by atoms with Crippen molar-refractivity contribution in [3.8, 4) is 0 Å². The predicted octanol–water partition coefficient (Wildman–Crippen LogP) is 1.93. The van der Waals surface area contributed by atoms with Gasteiger partial charge in [0.1, 0.15) is 0 Å². The van der Waals surface area contributed by atoms with Gasteiger partial charge >= 0.3 is 0 Å². The summed E-state index contributed by atoms with van der Waals surface area (Å²) in [5, 5.41) is 6.35. The molecule has 1 amide bonds. The molecule has 0 unspecified atom stereocenters. The Hall–Kier alpha value is -0.570. The van der Waals surface area contributed by atoms with Crippen LogP contribution in [0.4, 0.5) is 0 Å². The molecule has 1 aliphatic heterocycles. The predicted molar refractivity (Wildman–Crippen MR) is 67.3 cm³/mol. The van der Waals surface area contributed by atoms with Crippen LogP contribution in [0.3, 0.4) is 0 Å². The summed E-state index contributed by atoms with van der Waals surface area (Å²) in [6, 6.07) is 0. The fourth-order valence-corrected chi connectivity index (χ4v) is 2.09. The van der Waals surface area contributed by atoms with E-state index in [1.54, 1.807) is 0 Å². The number of carbonyl (C=O) groups excluding carboxylic acids is 1. The first kappa shape index (κ1) is 13.5. The molecule has 0 atom stereocenters. The van der Waals surface area contributed by atoms with Gasteiger partial charge in [0.05, 0.1) is 0 Å². The van der Waals surface area contributed by atoms with Gasteiger partial charge in [0.25, 0.3) is 0 Å². The molecule has 0 aromatic carbocycles. The van der Waals surface area contributed by atoms with Crippen LogP contribution in [-0.4, -0.2) is 25.5 Å². The minimum Gasteiger partial charge on any atom is -0.356 e. The van der Waals surface area contributed by atoms with Crippen LogP contribution in [0, 0.1) is 11.8 Å². The van der Waals surface area contributed by atoms with Gasteiger partial charge in [-0.25, -0.2) is 0 Å². The molecule has 94 valence electrons. The molecule has 1 saturated heterocycles. The lowest BCUT2D eigenvalue weighted by Gasteiger charge is -2.22. The number of piperidine rings is 1. The zero-order valence-corrected chi connectivity index (χ0v) is 10.7. The SMILES string of the molecule is CC(C)CCNC(=O)CCC1CCNCC1. The van der Waals surface area contributed by atoms with Crippen LogP contribution in [0.1, 0.15) is 46.0 Å². The summed E-state index contributed by atoms with van der Waals surface area (Å²) >= 11 is 0. The minimum atomic E-state index is 0.235. The fraction of sp³-hybridized carbons (Fsp3) is 0.923. The molecule has 0 aromatic rings. The molecule has 0 bridgehead atoms. The highest BCUT2D eigenvalue weighted by atomic mass is 16.1. The maximum atomic E-state index is 11.5. The van der Waals surface area contributed by atoms with Gasteiger partial charge in [-0.1, -0.05) is 13.8 Å². The summed E-state index contributed by atoms with van der Waals surface area (Å²) < 4.78 is 0. The van der Waals surface area contributed by atoms with Crippen molar-refractivity contribution in [1.29, 1.82) is 0 Å². The van der Waals surface area contributed by atoms with Crippen LogP contribution in [0.25, 0.3) is 0 Å². The molecular formula is C13H26N2O. The first-order valence-corrected chi connectivity index (χ1v) is 6.66. The van der Waals surface area contributed by atoms with Gasteiger partial charge in [-0.05, 0) is 50.6 Å². The average molecular weight is 226 g/mol. The van der Waals surface area contributed by atoms with Crippen LogP contribution in [0.2, 0.25) is 0 Å². The monoisotopic (exact) mass is 226 g/mol. The van der Waals surface area contributed by atoms with E-state index < -0.39 is 0 Å². The second-order valence-corrected chi connectivity index (χ2v) is 5.26. The minimum absolute atomic E-state index is 0.235. The molecule has 16 heavy (non-hydrogen) atoms. The van der Waals surface area contributed by atoms with Crippen LogP contribution in [-0.2, 0) is 4.79 Å². The van der Waals surface area contributed by atoms with Crippen molar-refractivity contribution in [2.24, 2.45) is 11.8 Å². The third-order valence-electron chi connectivity index (χ3n) is 3.28. The molecule has 0 radical (unpaired) electrons. The topological polar surface area (TPSA) is 41.1 Å².